The van der Waals surface area contributed by atoms with Crippen LogP contribution in [0.3, 0.4) is 0 Å². The van der Waals surface area contributed by atoms with Gasteiger partial charge in [0.05, 0.1) is 0 Å². The van der Waals surface area contributed by atoms with Gasteiger partial charge in [0.15, 0.2) is 0 Å². The number of carbonyl (C=O) groups excluding carboxylic acids is 1. The molecule has 1 N–H and O–H groups in total. The summed E-state index contributed by atoms with van der Waals surface area (Å²) in [7, 11) is 0. The van der Waals surface area contributed by atoms with Crippen LogP contribution in [0.1, 0.15) is 207 Å². The Morgan fingerprint density at radius 1 is 0.633 bits per heavy atom. The number of aldehydes is 1. The Kier molecular flexibility index (Phi) is 36.4. The highest BCUT2D eigenvalue weighted by Gasteiger charge is 2.12. The zero-order chi connectivity index (χ0) is 36.0. The van der Waals surface area contributed by atoms with E-state index in [1.165, 1.54) is 198 Å². The van der Waals surface area contributed by atoms with Gasteiger partial charge >= 0.3 is 0 Å². The van der Waals surface area contributed by atoms with E-state index in [1.54, 1.807) is 0 Å². The predicted molar refractivity (Wildman–Crippen MR) is 221 cm³/mol. The van der Waals surface area contributed by atoms with E-state index >= 15 is 0 Å². The molecule has 0 aliphatic carbocycles. The molecule has 0 bridgehead atoms. The first-order chi connectivity index (χ1) is 24.0. The highest BCUT2D eigenvalue weighted by molar-refractivity contribution is 5.78. The molecule has 0 saturated carbocycles. The molecule has 0 spiro atoms. The van der Waals surface area contributed by atoms with E-state index in [2.05, 4.69) is 43.8 Å². The maximum absolute atomic E-state index is 11.0. The Balaban J connectivity index is 4.62. The zero-order valence-corrected chi connectivity index (χ0v) is 33.6. The van der Waals surface area contributed by atoms with Crippen molar-refractivity contribution >= 4 is 6.29 Å². The summed E-state index contributed by atoms with van der Waals surface area (Å²) in [6, 6.07) is 0. The van der Waals surface area contributed by atoms with Gasteiger partial charge in [-0.3, -0.25) is 4.79 Å². The van der Waals surface area contributed by atoms with E-state index in [-0.39, 0.29) is 0 Å². The summed E-state index contributed by atoms with van der Waals surface area (Å²) in [6.07, 6.45) is 44.1. The van der Waals surface area contributed by atoms with E-state index in [9.17, 15) is 4.79 Å². The molecule has 3 nitrogen and oxygen atoms in total. The summed E-state index contributed by atoms with van der Waals surface area (Å²) in [4.78, 5) is 13.7. The van der Waals surface area contributed by atoms with Gasteiger partial charge in [-0.2, -0.15) is 0 Å². The van der Waals surface area contributed by atoms with Gasteiger partial charge in [0.1, 0.15) is 6.29 Å². The molecule has 0 fully saturated rings. The SMILES string of the molecule is C=CCCCCCCCCCCCN(CCCCC(=C)CC(CCCCCCCC)CCCCCCCC)CCCN/C=C(\C)C(=C)C=O. The molecule has 0 heterocycles. The smallest absolute Gasteiger partial charge is 0.149 e. The lowest BCUT2D eigenvalue weighted by molar-refractivity contribution is -0.104. The van der Waals surface area contributed by atoms with E-state index in [0.717, 1.165) is 37.3 Å². The number of allylic oxidation sites excluding steroid dienone is 4. The summed E-state index contributed by atoms with van der Waals surface area (Å²) in [5, 5.41) is 3.40. The second-order valence-corrected chi connectivity index (χ2v) is 15.3. The van der Waals surface area contributed by atoms with E-state index < -0.39 is 0 Å². The normalized spacial score (nSPS) is 11.8. The fourth-order valence-corrected chi connectivity index (χ4v) is 7.01. The molecular formula is C46H86N2O. The molecular weight excluding hydrogens is 597 g/mol. The lowest BCUT2D eigenvalue weighted by atomic mass is 9.87. The summed E-state index contributed by atoms with van der Waals surface area (Å²) < 4.78 is 0. The third kappa shape index (κ3) is 33.3. The standard InChI is InChI=1S/C46H86N2O/c1-7-10-13-16-19-20-21-22-23-26-30-37-48(39-32-36-47-41-44(5)45(6)42-49)38-31-29-33-43(4)40-46(34-27-24-17-14-11-8-2)35-28-25-18-15-12-9-3/h7,41-42,46-47H,1,4,6,8-40H2,2-3,5H3/b44-41+. The van der Waals surface area contributed by atoms with Gasteiger partial charge < -0.3 is 10.2 Å². The average Bonchev–Trinajstić information content (AvgIpc) is 3.10. The molecule has 3 heteroatoms. The number of hydrogen-bond donors (Lipinski definition) is 1. The fraction of sp³-hybridized carbons (Fsp3) is 0.804. The van der Waals surface area contributed by atoms with Crippen LogP contribution >= 0.6 is 0 Å². The molecule has 0 aromatic rings. The van der Waals surface area contributed by atoms with Crippen LogP contribution in [0.4, 0.5) is 0 Å². The lowest BCUT2D eigenvalue weighted by Crippen LogP contribution is -2.29. The Bertz CT molecular complexity index is 783. The van der Waals surface area contributed by atoms with Crippen LogP contribution in [-0.2, 0) is 4.79 Å². The first-order valence-electron chi connectivity index (χ1n) is 21.5. The molecule has 0 rings (SSSR count). The number of unbranched alkanes of at least 4 members (excludes halogenated alkanes) is 20. The largest absolute Gasteiger partial charge is 0.391 e. The molecule has 0 aromatic carbocycles. The quantitative estimate of drug-likeness (QED) is 0.0229. The van der Waals surface area contributed by atoms with Gasteiger partial charge in [-0.25, -0.2) is 0 Å². The van der Waals surface area contributed by atoms with Crippen LogP contribution in [0.5, 0.6) is 0 Å². The molecule has 0 aromatic heterocycles. The highest BCUT2D eigenvalue weighted by atomic mass is 16.1. The number of nitrogens with zero attached hydrogens (tertiary/aromatic N) is 1. The maximum Gasteiger partial charge on any atom is 0.149 e. The van der Waals surface area contributed by atoms with Gasteiger partial charge in [-0.15, -0.1) is 6.58 Å². The van der Waals surface area contributed by atoms with Gasteiger partial charge in [0.25, 0.3) is 0 Å². The maximum atomic E-state index is 11.0. The molecule has 0 amide bonds. The summed E-state index contributed by atoms with van der Waals surface area (Å²) >= 11 is 0. The van der Waals surface area contributed by atoms with Crippen LogP contribution in [0.25, 0.3) is 0 Å². The van der Waals surface area contributed by atoms with Crippen molar-refractivity contribution in [1.82, 2.24) is 10.2 Å². The van der Waals surface area contributed by atoms with E-state index in [1.807, 2.05) is 19.2 Å². The van der Waals surface area contributed by atoms with Crippen molar-refractivity contribution in [2.75, 3.05) is 26.2 Å². The van der Waals surface area contributed by atoms with Crippen molar-refractivity contribution in [3.8, 4) is 0 Å². The van der Waals surface area contributed by atoms with Gasteiger partial charge in [-0.1, -0.05) is 173 Å². The van der Waals surface area contributed by atoms with Crippen LogP contribution in [-0.4, -0.2) is 37.4 Å². The summed E-state index contributed by atoms with van der Waals surface area (Å²) in [5.74, 6) is 0.854. The van der Waals surface area contributed by atoms with Crippen molar-refractivity contribution < 1.29 is 4.79 Å². The second kappa shape index (κ2) is 37.6. The van der Waals surface area contributed by atoms with E-state index in [4.69, 9.17) is 0 Å². The lowest BCUT2D eigenvalue weighted by Gasteiger charge is -2.23. The summed E-state index contributed by atoms with van der Waals surface area (Å²) in [5.41, 5.74) is 2.99. The van der Waals surface area contributed by atoms with Crippen LogP contribution in [0, 0.1) is 5.92 Å². The molecule has 0 saturated heterocycles. The van der Waals surface area contributed by atoms with Crippen LogP contribution < -0.4 is 5.32 Å². The minimum Gasteiger partial charge on any atom is -0.391 e. The Labute approximate surface area is 308 Å². The van der Waals surface area contributed by atoms with Crippen LogP contribution in [0.15, 0.2) is 48.7 Å². The van der Waals surface area contributed by atoms with Crippen molar-refractivity contribution in [3.05, 3.63) is 48.7 Å². The Morgan fingerprint density at radius 2 is 1.10 bits per heavy atom. The van der Waals surface area contributed by atoms with Gasteiger partial charge in [0.2, 0.25) is 0 Å². The van der Waals surface area contributed by atoms with Gasteiger partial charge in [-0.05, 0) is 89.4 Å². The predicted octanol–water partition coefficient (Wildman–Crippen LogP) is 14.2. The van der Waals surface area contributed by atoms with E-state index in [0.29, 0.717) is 5.57 Å². The molecule has 0 aliphatic heterocycles. The third-order valence-electron chi connectivity index (χ3n) is 10.4. The van der Waals surface area contributed by atoms with Crippen molar-refractivity contribution in [3.63, 3.8) is 0 Å². The van der Waals surface area contributed by atoms with Crippen molar-refractivity contribution in [2.24, 2.45) is 5.92 Å². The number of nitrogens with one attached hydrogen (secondary N) is 1. The number of rotatable bonds is 40. The first kappa shape index (κ1) is 47.4. The van der Waals surface area contributed by atoms with Crippen molar-refractivity contribution in [2.45, 2.75) is 207 Å². The number of hydrogen-bond acceptors (Lipinski definition) is 3. The monoisotopic (exact) mass is 683 g/mol. The second-order valence-electron chi connectivity index (χ2n) is 15.3. The Morgan fingerprint density at radius 3 is 1.63 bits per heavy atom. The van der Waals surface area contributed by atoms with Crippen LogP contribution in [0.2, 0.25) is 0 Å². The topological polar surface area (TPSA) is 32.3 Å². The highest BCUT2D eigenvalue weighted by Crippen LogP contribution is 2.27. The third-order valence-corrected chi connectivity index (χ3v) is 10.4. The minimum atomic E-state index is 0.555. The Hall–Kier alpha value is -1.61. The van der Waals surface area contributed by atoms with Gasteiger partial charge in [0, 0.05) is 18.3 Å². The van der Waals surface area contributed by atoms with Crippen molar-refractivity contribution in [1.29, 1.82) is 0 Å². The minimum absolute atomic E-state index is 0.555. The molecule has 0 radical (unpaired) electrons. The number of carbonyl (C=O) groups is 1. The fourth-order valence-electron chi connectivity index (χ4n) is 7.01. The summed E-state index contributed by atoms with van der Waals surface area (Å²) in [6.45, 7) is 23.3. The average molecular weight is 683 g/mol. The molecule has 0 unspecified atom stereocenters. The molecule has 0 aliphatic rings. The molecule has 49 heavy (non-hydrogen) atoms. The molecule has 286 valence electrons. The first-order valence-corrected chi connectivity index (χ1v) is 21.5. The zero-order valence-electron chi connectivity index (χ0n) is 33.6. The molecule has 0 atom stereocenters.